The van der Waals surface area contributed by atoms with E-state index in [1.165, 1.54) is 11.8 Å². The van der Waals surface area contributed by atoms with Crippen LogP contribution in [0.4, 0.5) is 5.69 Å². The smallest absolute Gasteiger partial charge is 0.234 e. The number of furan rings is 1. The molecule has 0 aliphatic heterocycles. The third kappa shape index (κ3) is 4.66. The van der Waals surface area contributed by atoms with Crippen molar-refractivity contribution in [2.24, 2.45) is 0 Å². The van der Waals surface area contributed by atoms with Gasteiger partial charge in [-0.15, -0.1) is 11.8 Å². The van der Waals surface area contributed by atoms with Crippen LogP contribution >= 0.6 is 23.4 Å². The topological polar surface area (TPSA) is 62.5 Å². The van der Waals surface area contributed by atoms with Crippen molar-refractivity contribution < 1.29 is 14.3 Å². The number of halogens is 1. The van der Waals surface area contributed by atoms with Crippen molar-refractivity contribution in [3.05, 3.63) is 71.4 Å². The lowest BCUT2D eigenvalue weighted by molar-refractivity contribution is -0.113. The van der Waals surface area contributed by atoms with Crippen LogP contribution in [0.25, 0.3) is 11.3 Å². The monoisotopic (exact) mass is 373 g/mol. The van der Waals surface area contributed by atoms with Gasteiger partial charge < -0.3 is 14.8 Å². The lowest BCUT2D eigenvalue weighted by atomic mass is 10.1. The summed E-state index contributed by atoms with van der Waals surface area (Å²) in [6.07, 6.45) is 0. The van der Waals surface area contributed by atoms with Gasteiger partial charge in [-0.1, -0.05) is 29.8 Å². The molecule has 3 aromatic rings. The molecule has 0 fully saturated rings. The van der Waals surface area contributed by atoms with E-state index in [0.717, 1.165) is 4.90 Å². The van der Waals surface area contributed by atoms with E-state index < -0.39 is 0 Å². The minimum absolute atomic E-state index is 0.0994. The molecule has 0 atom stereocenters. The molecule has 25 heavy (non-hydrogen) atoms. The van der Waals surface area contributed by atoms with E-state index in [2.05, 4.69) is 5.32 Å². The Hall–Kier alpha value is -2.21. The first kappa shape index (κ1) is 17.6. The molecule has 0 spiro atoms. The summed E-state index contributed by atoms with van der Waals surface area (Å²) < 4.78 is 5.51. The standard InChI is InChI=1S/C19H16ClNO3S/c20-17-8-6-13(10-16(17)18-9-7-14(11-22)24-18)21-19(23)12-25-15-4-2-1-3-5-15/h1-10,22H,11-12H2,(H,21,23). The summed E-state index contributed by atoms with van der Waals surface area (Å²) in [6.45, 7) is -0.176. The number of anilines is 1. The molecule has 0 saturated carbocycles. The van der Waals surface area contributed by atoms with Gasteiger partial charge in [-0.2, -0.15) is 0 Å². The Bertz CT molecular complexity index is 864. The highest BCUT2D eigenvalue weighted by molar-refractivity contribution is 8.00. The van der Waals surface area contributed by atoms with E-state index in [9.17, 15) is 4.79 Å². The van der Waals surface area contributed by atoms with Gasteiger partial charge in [0.05, 0.1) is 10.8 Å². The molecule has 0 bridgehead atoms. The molecule has 1 aromatic heterocycles. The van der Waals surface area contributed by atoms with Gasteiger partial charge in [0.2, 0.25) is 5.91 Å². The molecule has 2 aromatic carbocycles. The van der Waals surface area contributed by atoms with Crippen molar-refractivity contribution in [3.63, 3.8) is 0 Å². The zero-order chi connectivity index (χ0) is 17.6. The van der Waals surface area contributed by atoms with Crippen molar-refractivity contribution in [3.8, 4) is 11.3 Å². The fourth-order valence-electron chi connectivity index (χ4n) is 2.26. The number of rotatable bonds is 6. The van der Waals surface area contributed by atoms with E-state index in [4.69, 9.17) is 21.1 Å². The third-order valence-electron chi connectivity index (χ3n) is 3.45. The highest BCUT2D eigenvalue weighted by Crippen LogP contribution is 2.32. The number of benzene rings is 2. The molecule has 2 N–H and O–H groups in total. The molecule has 128 valence electrons. The van der Waals surface area contributed by atoms with Crippen LogP contribution in [0, 0.1) is 0 Å². The maximum absolute atomic E-state index is 12.1. The third-order valence-corrected chi connectivity index (χ3v) is 4.79. The van der Waals surface area contributed by atoms with Crippen LogP contribution in [0.2, 0.25) is 5.02 Å². The van der Waals surface area contributed by atoms with Crippen molar-refractivity contribution >= 4 is 35.0 Å². The van der Waals surface area contributed by atoms with Crippen molar-refractivity contribution in [1.82, 2.24) is 0 Å². The SMILES string of the molecule is O=C(CSc1ccccc1)Nc1ccc(Cl)c(-c2ccc(CO)o2)c1. The molecule has 1 heterocycles. The molecule has 1 amide bonds. The van der Waals surface area contributed by atoms with Crippen molar-refractivity contribution in [1.29, 1.82) is 0 Å². The van der Waals surface area contributed by atoms with Crippen LogP contribution in [0.15, 0.2) is 70.0 Å². The summed E-state index contributed by atoms with van der Waals surface area (Å²) >= 11 is 7.70. The Morgan fingerprint density at radius 3 is 2.64 bits per heavy atom. The van der Waals surface area contributed by atoms with Crippen LogP contribution in [-0.2, 0) is 11.4 Å². The van der Waals surface area contributed by atoms with Crippen LogP contribution in [0.5, 0.6) is 0 Å². The molecular weight excluding hydrogens is 358 g/mol. The van der Waals surface area contributed by atoms with Gasteiger partial charge in [-0.3, -0.25) is 4.79 Å². The van der Waals surface area contributed by atoms with Crippen LogP contribution in [0.1, 0.15) is 5.76 Å². The molecule has 4 nitrogen and oxygen atoms in total. The minimum Gasteiger partial charge on any atom is -0.459 e. The first-order valence-corrected chi connectivity index (χ1v) is 8.99. The van der Waals surface area contributed by atoms with E-state index in [1.807, 2.05) is 30.3 Å². The van der Waals surface area contributed by atoms with Crippen LogP contribution in [-0.4, -0.2) is 16.8 Å². The van der Waals surface area contributed by atoms with Gasteiger partial charge in [-0.25, -0.2) is 0 Å². The number of nitrogens with one attached hydrogen (secondary N) is 1. The van der Waals surface area contributed by atoms with Gasteiger partial charge in [0.25, 0.3) is 0 Å². The van der Waals surface area contributed by atoms with Crippen molar-refractivity contribution in [2.75, 3.05) is 11.1 Å². The summed E-state index contributed by atoms with van der Waals surface area (Å²) in [7, 11) is 0. The second kappa shape index (κ2) is 8.25. The molecule has 0 aliphatic carbocycles. The highest BCUT2D eigenvalue weighted by atomic mass is 35.5. The van der Waals surface area contributed by atoms with Gasteiger partial charge in [0, 0.05) is 16.1 Å². The van der Waals surface area contributed by atoms with E-state index in [1.54, 1.807) is 30.3 Å². The van der Waals surface area contributed by atoms with Crippen LogP contribution in [0.3, 0.4) is 0 Å². The number of carbonyl (C=O) groups is 1. The summed E-state index contributed by atoms with van der Waals surface area (Å²) in [5.41, 5.74) is 1.30. The predicted molar refractivity (Wildman–Crippen MR) is 101 cm³/mol. The Morgan fingerprint density at radius 1 is 1.12 bits per heavy atom. The summed E-state index contributed by atoms with van der Waals surface area (Å²) in [6, 6.07) is 18.4. The summed E-state index contributed by atoms with van der Waals surface area (Å²) in [4.78, 5) is 13.2. The van der Waals surface area contributed by atoms with Gasteiger partial charge in [0.15, 0.2) is 0 Å². The maximum atomic E-state index is 12.1. The largest absolute Gasteiger partial charge is 0.459 e. The predicted octanol–water partition coefficient (Wildman–Crippen LogP) is 4.82. The lowest BCUT2D eigenvalue weighted by Crippen LogP contribution is -2.13. The minimum atomic E-state index is -0.176. The normalized spacial score (nSPS) is 10.6. The average molecular weight is 374 g/mol. The molecule has 3 rings (SSSR count). The summed E-state index contributed by atoms with van der Waals surface area (Å²) in [5.74, 6) is 1.22. The molecule has 6 heteroatoms. The fraction of sp³-hybridized carbons (Fsp3) is 0.105. The Labute approximate surface area is 154 Å². The number of aliphatic hydroxyl groups excluding tert-OH is 1. The number of amides is 1. The first-order valence-electron chi connectivity index (χ1n) is 7.63. The number of carbonyl (C=O) groups excluding carboxylic acids is 1. The maximum Gasteiger partial charge on any atom is 0.234 e. The summed E-state index contributed by atoms with van der Waals surface area (Å²) in [5, 5.41) is 12.5. The van der Waals surface area contributed by atoms with E-state index >= 15 is 0 Å². The van der Waals surface area contributed by atoms with Gasteiger partial charge in [-0.05, 0) is 42.5 Å². The second-order valence-corrected chi connectivity index (χ2v) is 6.72. The number of aliphatic hydroxyl groups is 1. The highest BCUT2D eigenvalue weighted by Gasteiger charge is 2.11. The van der Waals surface area contributed by atoms with E-state index in [0.29, 0.717) is 33.5 Å². The fourth-order valence-corrected chi connectivity index (χ4v) is 3.19. The van der Waals surface area contributed by atoms with Crippen LogP contribution < -0.4 is 5.32 Å². The zero-order valence-electron chi connectivity index (χ0n) is 13.2. The second-order valence-electron chi connectivity index (χ2n) is 5.27. The molecular formula is C19H16ClNO3S. The van der Waals surface area contributed by atoms with Crippen molar-refractivity contribution in [2.45, 2.75) is 11.5 Å². The van der Waals surface area contributed by atoms with E-state index in [-0.39, 0.29) is 12.5 Å². The quantitative estimate of drug-likeness (QED) is 0.608. The molecule has 0 saturated heterocycles. The first-order chi connectivity index (χ1) is 12.2. The molecule has 0 aliphatic rings. The average Bonchev–Trinajstić information content (AvgIpc) is 3.11. The van der Waals surface area contributed by atoms with Gasteiger partial charge in [0.1, 0.15) is 18.1 Å². The molecule has 0 radical (unpaired) electrons. The van der Waals surface area contributed by atoms with Gasteiger partial charge >= 0.3 is 0 Å². The lowest BCUT2D eigenvalue weighted by Gasteiger charge is -2.08. The Kier molecular flexibility index (Phi) is 5.81. The zero-order valence-corrected chi connectivity index (χ0v) is 14.8. The number of hydrogen-bond donors (Lipinski definition) is 2. The molecule has 0 unspecified atom stereocenters. The Balaban J connectivity index is 1.68. The number of hydrogen-bond acceptors (Lipinski definition) is 4. The number of thioether (sulfide) groups is 1. The Morgan fingerprint density at radius 2 is 1.92 bits per heavy atom.